The van der Waals surface area contributed by atoms with Crippen LogP contribution >= 0.6 is 0 Å². The van der Waals surface area contributed by atoms with Gasteiger partial charge >= 0.3 is 0 Å². The van der Waals surface area contributed by atoms with Gasteiger partial charge in [0.05, 0.1) is 0 Å². The minimum atomic E-state index is 0.137. The standard InChI is InChI=1S/C25H36O2/c1-3-5-7-9-11-13-15-17-19-23-24(26)20-22(21-25(23)27)18-16-14-12-10-8-6-4-2/h20-21,26-27H,3-11,13,15,17,19H2,1-2H3. The second-order valence-corrected chi connectivity index (χ2v) is 7.23. The summed E-state index contributed by atoms with van der Waals surface area (Å²) in [5.41, 5.74) is 1.24. The zero-order valence-electron chi connectivity index (χ0n) is 17.2. The number of phenols is 2. The van der Waals surface area contributed by atoms with Crippen molar-refractivity contribution < 1.29 is 10.2 Å². The minimum Gasteiger partial charge on any atom is -0.507 e. The summed E-state index contributed by atoms with van der Waals surface area (Å²) < 4.78 is 0. The predicted molar refractivity (Wildman–Crippen MR) is 115 cm³/mol. The molecule has 1 aromatic carbocycles. The van der Waals surface area contributed by atoms with Crippen molar-refractivity contribution in [2.45, 2.75) is 97.3 Å². The highest BCUT2D eigenvalue weighted by Gasteiger charge is 2.09. The van der Waals surface area contributed by atoms with Crippen LogP contribution in [-0.2, 0) is 6.42 Å². The van der Waals surface area contributed by atoms with Crippen LogP contribution in [0, 0.1) is 23.7 Å². The molecule has 0 atom stereocenters. The van der Waals surface area contributed by atoms with Gasteiger partial charge in [-0.15, -0.1) is 0 Å². The number of rotatable bonds is 12. The summed E-state index contributed by atoms with van der Waals surface area (Å²) in [4.78, 5) is 0. The van der Waals surface area contributed by atoms with Crippen molar-refractivity contribution in [1.29, 1.82) is 0 Å². The van der Waals surface area contributed by atoms with E-state index in [0.29, 0.717) is 17.5 Å². The maximum atomic E-state index is 10.2. The van der Waals surface area contributed by atoms with E-state index in [2.05, 4.69) is 37.5 Å². The van der Waals surface area contributed by atoms with Crippen molar-refractivity contribution in [2.24, 2.45) is 0 Å². The topological polar surface area (TPSA) is 40.5 Å². The first-order chi connectivity index (χ1) is 13.2. The highest BCUT2D eigenvalue weighted by atomic mass is 16.3. The molecule has 1 aromatic rings. The van der Waals surface area contributed by atoms with Crippen molar-refractivity contribution >= 4 is 0 Å². The molecule has 2 heteroatoms. The highest BCUT2D eigenvalue weighted by Crippen LogP contribution is 2.30. The van der Waals surface area contributed by atoms with E-state index in [1.165, 1.54) is 51.4 Å². The molecule has 0 aromatic heterocycles. The van der Waals surface area contributed by atoms with Crippen LogP contribution in [0.1, 0.15) is 102 Å². The normalized spacial score (nSPS) is 10.0. The fraction of sp³-hybridized carbons (Fsp3) is 0.600. The van der Waals surface area contributed by atoms with Gasteiger partial charge in [0.25, 0.3) is 0 Å². The lowest BCUT2D eigenvalue weighted by Crippen LogP contribution is -1.90. The van der Waals surface area contributed by atoms with Crippen molar-refractivity contribution in [1.82, 2.24) is 0 Å². The molecule has 27 heavy (non-hydrogen) atoms. The third-order valence-corrected chi connectivity index (χ3v) is 4.75. The molecule has 0 fully saturated rings. The number of hydrogen-bond donors (Lipinski definition) is 2. The maximum Gasteiger partial charge on any atom is 0.123 e. The molecular weight excluding hydrogens is 332 g/mol. The molecule has 0 amide bonds. The molecule has 0 unspecified atom stereocenters. The number of phenolic OH excluding ortho intramolecular Hbond substituents is 2. The Balaban J connectivity index is 2.42. The zero-order valence-corrected chi connectivity index (χ0v) is 17.2. The molecule has 148 valence electrons. The smallest absolute Gasteiger partial charge is 0.123 e. The van der Waals surface area contributed by atoms with Gasteiger partial charge in [0, 0.05) is 17.5 Å². The Morgan fingerprint density at radius 3 is 1.89 bits per heavy atom. The summed E-state index contributed by atoms with van der Waals surface area (Å²) in [6, 6.07) is 3.26. The van der Waals surface area contributed by atoms with Gasteiger partial charge in [-0.1, -0.05) is 83.5 Å². The molecule has 0 saturated carbocycles. The first kappa shape index (κ1) is 23.0. The second-order valence-electron chi connectivity index (χ2n) is 7.23. The zero-order chi connectivity index (χ0) is 19.7. The van der Waals surface area contributed by atoms with E-state index in [9.17, 15) is 10.2 Å². The van der Waals surface area contributed by atoms with Gasteiger partial charge in [-0.3, -0.25) is 0 Å². The van der Waals surface area contributed by atoms with E-state index in [0.717, 1.165) is 25.7 Å². The van der Waals surface area contributed by atoms with Crippen LogP contribution in [0.3, 0.4) is 0 Å². The van der Waals surface area contributed by atoms with Gasteiger partial charge in [-0.05, 0) is 43.2 Å². The van der Waals surface area contributed by atoms with E-state index in [4.69, 9.17) is 0 Å². The van der Waals surface area contributed by atoms with Gasteiger partial charge in [0.2, 0.25) is 0 Å². The van der Waals surface area contributed by atoms with Crippen LogP contribution < -0.4 is 0 Å². The molecule has 0 saturated heterocycles. The van der Waals surface area contributed by atoms with Crippen LogP contribution in [0.15, 0.2) is 12.1 Å². The van der Waals surface area contributed by atoms with Crippen molar-refractivity contribution in [3.05, 3.63) is 23.3 Å². The Bertz CT molecular complexity index is 629. The summed E-state index contributed by atoms with van der Waals surface area (Å²) in [5, 5.41) is 20.4. The molecule has 0 spiro atoms. The van der Waals surface area contributed by atoms with Crippen LogP contribution in [0.4, 0.5) is 0 Å². The fourth-order valence-corrected chi connectivity index (χ4v) is 3.08. The monoisotopic (exact) mass is 368 g/mol. The first-order valence-corrected chi connectivity index (χ1v) is 10.7. The van der Waals surface area contributed by atoms with Gasteiger partial charge in [0.1, 0.15) is 11.5 Å². The Kier molecular flexibility index (Phi) is 12.8. The molecule has 0 aliphatic carbocycles. The summed E-state index contributed by atoms with van der Waals surface area (Å²) in [6.45, 7) is 4.41. The Labute approximate surface area is 166 Å². The van der Waals surface area contributed by atoms with Crippen LogP contribution in [-0.4, -0.2) is 10.2 Å². The molecule has 0 aliphatic rings. The van der Waals surface area contributed by atoms with Gasteiger partial charge in [-0.2, -0.15) is 0 Å². The lowest BCUT2D eigenvalue weighted by atomic mass is 10.0. The van der Waals surface area contributed by atoms with E-state index in [1.54, 1.807) is 12.1 Å². The molecule has 1 rings (SSSR count). The Morgan fingerprint density at radius 2 is 1.26 bits per heavy atom. The fourth-order valence-electron chi connectivity index (χ4n) is 3.08. The Morgan fingerprint density at radius 1 is 0.704 bits per heavy atom. The number of unbranched alkanes of at least 4 members (excludes halogenated alkanes) is 10. The molecule has 0 heterocycles. The molecule has 2 N–H and O–H groups in total. The van der Waals surface area contributed by atoms with Crippen molar-refractivity contribution in [3.63, 3.8) is 0 Å². The van der Waals surface area contributed by atoms with Crippen LogP contribution in [0.2, 0.25) is 0 Å². The summed E-state index contributed by atoms with van der Waals surface area (Å²) in [7, 11) is 0. The Hall–Kier alpha value is -2.06. The third-order valence-electron chi connectivity index (χ3n) is 4.75. The van der Waals surface area contributed by atoms with Gasteiger partial charge < -0.3 is 10.2 Å². The number of hydrogen-bond acceptors (Lipinski definition) is 2. The third kappa shape index (κ3) is 10.6. The summed E-state index contributed by atoms with van der Waals surface area (Å²) >= 11 is 0. The summed E-state index contributed by atoms with van der Waals surface area (Å²) in [5.74, 6) is 11.9. The average Bonchev–Trinajstić information content (AvgIpc) is 2.65. The first-order valence-electron chi connectivity index (χ1n) is 10.7. The van der Waals surface area contributed by atoms with E-state index in [1.807, 2.05) is 0 Å². The predicted octanol–water partition coefficient (Wildman–Crippen LogP) is 6.72. The van der Waals surface area contributed by atoms with E-state index >= 15 is 0 Å². The van der Waals surface area contributed by atoms with E-state index < -0.39 is 0 Å². The lowest BCUT2D eigenvalue weighted by Gasteiger charge is -2.08. The molecule has 0 radical (unpaired) electrons. The largest absolute Gasteiger partial charge is 0.507 e. The molecule has 0 aliphatic heterocycles. The van der Waals surface area contributed by atoms with E-state index in [-0.39, 0.29) is 11.5 Å². The molecule has 0 bridgehead atoms. The summed E-state index contributed by atoms with van der Waals surface area (Å²) in [6.07, 6.45) is 15.0. The highest BCUT2D eigenvalue weighted by molar-refractivity contribution is 5.52. The van der Waals surface area contributed by atoms with Crippen molar-refractivity contribution in [2.75, 3.05) is 0 Å². The van der Waals surface area contributed by atoms with Gasteiger partial charge in [-0.25, -0.2) is 0 Å². The SMILES string of the molecule is CCCCCC#CC#Cc1cc(O)c(CCCCCCCCCC)c(O)c1. The number of aromatic hydroxyl groups is 2. The van der Waals surface area contributed by atoms with Crippen LogP contribution in [0.25, 0.3) is 0 Å². The second kappa shape index (κ2) is 15.0. The van der Waals surface area contributed by atoms with Crippen LogP contribution in [0.5, 0.6) is 11.5 Å². The molecular formula is C25H36O2. The molecule has 2 nitrogen and oxygen atoms in total. The minimum absolute atomic E-state index is 0.137. The average molecular weight is 369 g/mol. The number of benzene rings is 1. The maximum absolute atomic E-state index is 10.2. The van der Waals surface area contributed by atoms with Gasteiger partial charge in [0.15, 0.2) is 0 Å². The van der Waals surface area contributed by atoms with Crippen molar-refractivity contribution in [3.8, 4) is 35.2 Å². The quantitative estimate of drug-likeness (QED) is 0.318. The lowest BCUT2D eigenvalue weighted by molar-refractivity contribution is 0.435.